The van der Waals surface area contributed by atoms with Crippen LogP contribution in [0.5, 0.6) is 0 Å². The summed E-state index contributed by atoms with van der Waals surface area (Å²) in [6.07, 6.45) is 0.396. The molecule has 1 aliphatic heterocycles. The second-order valence-corrected chi connectivity index (χ2v) is 3.87. The van der Waals surface area contributed by atoms with E-state index in [-0.39, 0.29) is 6.61 Å². The van der Waals surface area contributed by atoms with Gasteiger partial charge in [-0.15, -0.1) is 0 Å². The lowest BCUT2D eigenvalue weighted by Gasteiger charge is -2.41. The van der Waals surface area contributed by atoms with Crippen LogP contribution in [0.15, 0.2) is 18.2 Å². The summed E-state index contributed by atoms with van der Waals surface area (Å²) in [5.41, 5.74) is -0.233. The van der Waals surface area contributed by atoms with Crippen molar-refractivity contribution < 1.29 is 18.6 Å². The van der Waals surface area contributed by atoms with Crippen molar-refractivity contribution in [3.05, 3.63) is 35.4 Å². The zero-order valence-corrected chi connectivity index (χ0v) is 8.17. The third-order valence-electron chi connectivity index (χ3n) is 2.85. The summed E-state index contributed by atoms with van der Waals surface area (Å²) in [6, 6.07) is 3.39. The minimum Gasteiger partial charge on any atom is -0.396 e. The van der Waals surface area contributed by atoms with Crippen LogP contribution in [-0.4, -0.2) is 24.9 Å². The molecular weight excluding hydrogens is 202 g/mol. The van der Waals surface area contributed by atoms with Crippen molar-refractivity contribution in [1.82, 2.24) is 0 Å². The Morgan fingerprint density at radius 2 is 2.07 bits per heavy atom. The number of rotatable bonds is 3. The fourth-order valence-electron chi connectivity index (χ4n) is 1.90. The zero-order valence-electron chi connectivity index (χ0n) is 8.17. The summed E-state index contributed by atoms with van der Waals surface area (Å²) >= 11 is 0. The van der Waals surface area contributed by atoms with E-state index in [0.717, 1.165) is 12.1 Å². The molecule has 82 valence electrons. The van der Waals surface area contributed by atoms with Crippen molar-refractivity contribution >= 4 is 0 Å². The topological polar surface area (TPSA) is 29.5 Å². The van der Waals surface area contributed by atoms with Crippen LogP contribution in [0.2, 0.25) is 0 Å². The van der Waals surface area contributed by atoms with Crippen LogP contribution in [0.4, 0.5) is 8.78 Å². The molecule has 0 atom stereocenters. The number of halogens is 2. The first kappa shape index (κ1) is 10.5. The lowest BCUT2D eigenvalue weighted by molar-refractivity contribution is -0.0717. The molecule has 1 aromatic carbocycles. The summed E-state index contributed by atoms with van der Waals surface area (Å²) in [5.74, 6) is -0.899. The molecule has 2 nitrogen and oxygen atoms in total. The number of ether oxygens (including phenoxy) is 1. The van der Waals surface area contributed by atoms with E-state index in [1.165, 1.54) is 6.07 Å². The van der Waals surface area contributed by atoms with Crippen molar-refractivity contribution in [3.63, 3.8) is 0 Å². The van der Waals surface area contributed by atoms with Gasteiger partial charge in [-0.1, -0.05) is 0 Å². The van der Waals surface area contributed by atoms with Gasteiger partial charge in [0.05, 0.1) is 13.2 Å². The Hall–Kier alpha value is -1.00. The van der Waals surface area contributed by atoms with Gasteiger partial charge in [-0.05, 0) is 24.6 Å². The minimum absolute atomic E-state index is 0.0562. The average Bonchev–Trinajstić information content (AvgIpc) is 2.16. The Kier molecular flexibility index (Phi) is 2.71. The summed E-state index contributed by atoms with van der Waals surface area (Å²) in [6.45, 7) is 0.626. The van der Waals surface area contributed by atoms with Gasteiger partial charge in [-0.3, -0.25) is 0 Å². The summed E-state index contributed by atoms with van der Waals surface area (Å²) in [4.78, 5) is 0. The van der Waals surface area contributed by atoms with Gasteiger partial charge in [0.1, 0.15) is 11.6 Å². The second kappa shape index (κ2) is 3.87. The smallest absolute Gasteiger partial charge is 0.127 e. The first-order chi connectivity index (χ1) is 7.18. The molecule has 0 aromatic heterocycles. The van der Waals surface area contributed by atoms with Crippen molar-refractivity contribution in [2.24, 2.45) is 0 Å². The first-order valence-corrected chi connectivity index (χ1v) is 4.82. The SMILES string of the molecule is OCCC1(c2cc(F)ccc2F)COC1. The molecule has 0 amide bonds. The lowest BCUT2D eigenvalue weighted by atomic mass is 9.76. The number of hydrogen-bond acceptors (Lipinski definition) is 2. The van der Waals surface area contributed by atoms with Gasteiger partial charge in [0.25, 0.3) is 0 Å². The highest BCUT2D eigenvalue weighted by Gasteiger charge is 2.41. The highest BCUT2D eigenvalue weighted by molar-refractivity contribution is 5.30. The van der Waals surface area contributed by atoms with E-state index in [0.29, 0.717) is 25.2 Å². The van der Waals surface area contributed by atoms with Crippen LogP contribution >= 0.6 is 0 Å². The van der Waals surface area contributed by atoms with E-state index in [2.05, 4.69) is 0 Å². The molecule has 1 aromatic rings. The van der Waals surface area contributed by atoms with E-state index in [1.54, 1.807) is 0 Å². The average molecular weight is 214 g/mol. The highest BCUT2D eigenvalue weighted by Crippen LogP contribution is 2.37. The van der Waals surface area contributed by atoms with Gasteiger partial charge < -0.3 is 9.84 Å². The zero-order chi connectivity index (χ0) is 10.9. The fraction of sp³-hybridized carbons (Fsp3) is 0.455. The molecule has 1 N–H and O–H groups in total. The van der Waals surface area contributed by atoms with E-state index in [4.69, 9.17) is 9.84 Å². The Morgan fingerprint density at radius 1 is 1.33 bits per heavy atom. The van der Waals surface area contributed by atoms with Crippen molar-refractivity contribution in [2.75, 3.05) is 19.8 Å². The molecule has 0 aliphatic carbocycles. The molecule has 1 fully saturated rings. The highest BCUT2D eigenvalue weighted by atomic mass is 19.1. The number of aliphatic hydroxyl groups is 1. The summed E-state index contributed by atoms with van der Waals surface area (Å²) in [5, 5.41) is 8.92. The molecule has 1 heterocycles. The summed E-state index contributed by atoms with van der Waals surface area (Å²) in [7, 11) is 0. The first-order valence-electron chi connectivity index (χ1n) is 4.82. The largest absolute Gasteiger partial charge is 0.396 e. The number of aliphatic hydroxyl groups excluding tert-OH is 1. The third kappa shape index (κ3) is 1.75. The molecule has 2 rings (SSSR count). The predicted molar refractivity (Wildman–Crippen MR) is 50.6 cm³/mol. The maximum Gasteiger partial charge on any atom is 0.127 e. The molecule has 0 radical (unpaired) electrons. The molecule has 0 spiro atoms. The quantitative estimate of drug-likeness (QED) is 0.828. The van der Waals surface area contributed by atoms with Crippen LogP contribution in [0, 0.1) is 11.6 Å². The van der Waals surface area contributed by atoms with Crippen molar-refractivity contribution in [2.45, 2.75) is 11.8 Å². The maximum absolute atomic E-state index is 13.5. The van der Waals surface area contributed by atoms with Crippen molar-refractivity contribution in [3.8, 4) is 0 Å². The molecule has 0 bridgehead atoms. The van der Waals surface area contributed by atoms with Gasteiger partial charge in [-0.2, -0.15) is 0 Å². The van der Waals surface area contributed by atoms with E-state index < -0.39 is 17.0 Å². The fourth-order valence-corrected chi connectivity index (χ4v) is 1.90. The van der Waals surface area contributed by atoms with E-state index in [1.807, 2.05) is 0 Å². The molecule has 0 saturated carbocycles. The predicted octanol–water partition coefficient (Wildman–Crippen LogP) is 1.62. The Balaban J connectivity index is 2.37. The molecule has 1 aliphatic rings. The maximum atomic E-state index is 13.5. The van der Waals surface area contributed by atoms with Gasteiger partial charge >= 0.3 is 0 Å². The number of hydrogen-bond donors (Lipinski definition) is 1. The minimum atomic E-state index is -0.541. The van der Waals surface area contributed by atoms with Crippen LogP contribution < -0.4 is 0 Å². The lowest BCUT2D eigenvalue weighted by Crippen LogP contribution is -2.48. The molecule has 15 heavy (non-hydrogen) atoms. The second-order valence-electron chi connectivity index (χ2n) is 3.87. The third-order valence-corrected chi connectivity index (χ3v) is 2.85. The molecule has 0 unspecified atom stereocenters. The molecular formula is C11H12F2O2. The summed E-state index contributed by atoms with van der Waals surface area (Å²) < 4.78 is 31.6. The van der Waals surface area contributed by atoms with E-state index in [9.17, 15) is 8.78 Å². The Bertz CT molecular complexity index is 362. The monoisotopic (exact) mass is 214 g/mol. The van der Waals surface area contributed by atoms with Gasteiger partial charge in [0.15, 0.2) is 0 Å². The number of benzene rings is 1. The van der Waals surface area contributed by atoms with Gasteiger partial charge in [0, 0.05) is 17.6 Å². The molecule has 1 saturated heterocycles. The Morgan fingerprint density at radius 3 is 2.60 bits per heavy atom. The van der Waals surface area contributed by atoms with Gasteiger partial charge in [-0.25, -0.2) is 8.78 Å². The van der Waals surface area contributed by atoms with Crippen molar-refractivity contribution in [1.29, 1.82) is 0 Å². The van der Waals surface area contributed by atoms with Crippen LogP contribution in [0.1, 0.15) is 12.0 Å². The van der Waals surface area contributed by atoms with E-state index >= 15 is 0 Å². The molecule has 4 heteroatoms. The van der Waals surface area contributed by atoms with Crippen LogP contribution in [0.25, 0.3) is 0 Å². The normalized spacial score (nSPS) is 18.6. The van der Waals surface area contributed by atoms with Gasteiger partial charge in [0.2, 0.25) is 0 Å². The van der Waals surface area contributed by atoms with Crippen LogP contribution in [-0.2, 0) is 10.2 Å². The standard InChI is InChI=1S/C11H12F2O2/c12-8-1-2-10(13)9(5-8)11(3-4-14)6-15-7-11/h1-2,5,14H,3-4,6-7H2. The van der Waals surface area contributed by atoms with Crippen LogP contribution in [0.3, 0.4) is 0 Å². The Labute approximate surface area is 86.5 Å².